The van der Waals surface area contributed by atoms with E-state index in [0.717, 1.165) is 4.47 Å². The van der Waals surface area contributed by atoms with E-state index in [9.17, 15) is 9.59 Å². The quantitative estimate of drug-likeness (QED) is 0.694. The van der Waals surface area contributed by atoms with Crippen LogP contribution in [0.5, 0.6) is 5.75 Å². The van der Waals surface area contributed by atoms with Gasteiger partial charge in [0.1, 0.15) is 17.9 Å². The number of aryl methyl sites for hydroxylation is 1. The van der Waals surface area contributed by atoms with Gasteiger partial charge in [-0.1, -0.05) is 21.1 Å². The number of hydrogen-bond acceptors (Lipinski definition) is 7. The fourth-order valence-corrected chi connectivity index (χ4v) is 2.17. The smallest absolute Gasteiger partial charge is 0.346 e. The molecule has 1 amide bonds. The summed E-state index contributed by atoms with van der Waals surface area (Å²) in [5, 5.41) is 3.56. The molecule has 0 radical (unpaired) electrons. The first kappa shape index (κ1) is 18.8. The van der Waals surface area contributed by atoms with Gasteiger partial charge in [0.15, 0.2) is 6.61 Å². The predicted molar refractivity (Wildman–Crippen MR) is 93.2 cm³/mol. The number of esters is 1. The number of hydrogen-bond donors (Lipinski definition) is 1. The summed E-state index contributed by atoms with van der Waals surface area (Å²) in [5.41, 5.74) is 5.84. The molecule has 0 aliphatic carbocycles. The molecule has 134 valence electrons. The van der Waals surface area contributed by atoms with Crippen LogP contribution in [0.1, 0.15) is 16.1 Å². The Morgan fingerprint density at radius 2 is 2.00 bits per heavy atom. The summed E-state index contributed by atoms with van der Waals surface area (Å²) in [4.78, 5) is 25.3. The topological polar surface area (TPSA) is 108 Å². The number of nitrogens with zero attached hydrogens (tertiary/aromatic N) is 2. The molecule has 25 heavy (non-hydrogen) atoms. The van der Waals surface area contributed by atoms with Crippen molar-refractivity contribution in [3.8, 4) is 5.75 Å². The van der Waals surface area contributed by atoms with Gasteiger partial charge in [-0.2, -0.15) is 0 Å². The molecule has 1 heterocycles. The van der Waals surface area contributed by atoms with E-state index in [1.54, 1.807) is 14.0 Å². The number of nitrogens with two attached hydrogens (primary N) is 1. The maximum absolute atomic E-state index is 12.0. The average molecular weight is 412 g/mol. The highest BCUT2D eigenvalue weighted by Crippen LogP contribution is 2.17. The Labute approximate surface area is 153 Å². The first-order chi connectivity index (χ1) is 11.9. The van der Waals surface area contributed by atoms with Crippen molar-refractivity contribution < 1.29 is 23.6 Å². The number of carbonyl (C=O) groups excluding carboxylic acids is 2. The molecule has 0 bridgehead atoms. The highest BCUT2D eigenvalue weighted by molar-refractivity contribution is 9.10. The fourth-order valence-electron chi connectivity index (χ4n) is 1.90. The Morgan fingerprint density at radius 3 is 2.60 bits per heavy atom. The second-order valence-corrected chi connectivity index (χ2v) is 6.12. The molecule has 2 rings (SSSR count). The standard InChI is InChI=1S/C16H18BrN3O5/c1-10-14(15(18)25-19-10)16(22)24-9-13(21)20(2)7-8-23-12-5-3-11(17)4-6-12/h3-6H,7-9,18H2,1-2H3. The Hall–Kier alpha value is -2.55. The lowest BCUT2D eigenvalue weighted by Gasteiger charge is -2.17. The van der Waals surface area contributed by atoms with Crippen molar-refractivity contribution >= 4 is 33.7 Å². The molecule has 0 spiro atoms. The third kappa shape index (κ3) is 5.21. The van der Waals surface area contributed by atoms with E-state index in [0.29, 0.717) is 24.6 Å². The van der Waals surface area contributed by atoms with Crippen LogP contribution >= 0.6 is 15.9 Å². The molecule has 0 saturated heterocycles. The summed E-state index contributed by atoms with van der Waals surface area (Å²) in [6.07, 6.45) is 0. The molecular formula is C16H18BrN3O5. The van der Waals surface area contributed by atoms with E-state index in [4.69, 9.17) is 15.2 Å². The zero-order valence-corrected chi connectivity index (χ0v) is 15.4. The normalized spacial score (nSPS) is 10.4. The summed E-state index contributed by atoms with van der Waals surface area (Å²) in [7, 11) is 1.60. The van der Waals surface area contributed by atoms with Crippen molar-refractivity contribution in [2.45, 2.75) is 6.92 Å². The van der Waals surface area contributed by atoms with Gasteiger partial charge in [0, 0.05) is 11.5 Å². The molecule has 0 unspecified atom stereocenters. The Kier molecular flexibility index (Phi) is 6.40. The van der Waals surface area contributed by atoms with E-state index in [1.807, 2.05) is 24.3 Å². The summed E-state index contributed by atoms with van der Waals surface area (Å²) >= 11 is 3.34. The summed E-state index contributed by atoms with van der Waals surface area (Å²) in [6, 6.07) is 7.36. The van der Waals surface area contributed by atoms with Gasteiger partial charge in [0.2, 0.25) is 5.88 Å². The number of likely N-dealkylation sites (N-methyl/N-ethyl adjacent to an activating group) is 1. The molecule has 8 nitrogen and oxygen atoms in total. The SMILES string of the molecule is Cc1noc(N)c1C(=O)OCC(=O)N(C)CCOc1ccc(Br)cc1. The highest BCUT2D eigenvalue weighted by atomic mass is 79.9. The minimum atomic E-state index is -0.746. The van der Waals surface area contributed by atoms with Crippen LogP contribution in [0, 0.1) is 6.92 Å². The van der Waals surface area contributed by atoms with Gasteiger partial charge in [-0.3, -0.25) is 4.79 Å². The number of carbonyl (C=O) groups is 2. The van der Waals surface area contributed by atoms with Gasteiger partial charge < -0.3 is 24.6 Å². The van der Waals surface area contributed by atoms with Crippen molar-refractivity contribution in [3.63, 3.8) is 0 Å². The zero-order valence-electron chi connectivity index (χ0n) is 13.8. The third-order valence-electron chi connectivity index (χ3n) is 3.35. The molecule has 0 atom stereocenters. The lowest BCUT2D eigenvalue weighted by molar-refractivity contribution is -0.133. The van der Waals surface area contributed by atoms with Crippen LogP contribution in [-0.2, 0) is 9.53 Å². The van der Waals surface area contributed by atoms with Gasteiger partial charge in [-0.25, -0.2) is 4.79 Å². The van der Waals surface area contributed by atoms with Crippen LogP contribution in [-0.4, -0.2) is 48.7 Å². The van der Waals surface area contributed by atoms with Crippen LogP contribution in [0.4, 0.5) is 5.88 Å². The van der Waals surface area contributed by atoms with E-state index in [1.165, 1.54) is 4.90 Å². The number of rotatable bonds is 7. The van der Waals surface area contributed by atoms with Gasteiger partial charge in [0.25, 0.3) is 5.91 Å². The van der Waals surface area contributed by atoms with Crippen molar-refractivity contribution in [2.24, 2.45) is 0 Å². The number of amides is 1. The molecule has 9 heteroatoms. The van der Waals surface area contributed by atoms with Crippen LogP contribution in [0.2, 0.25) is 0 Å². The average Bonchev–Trinajstić information content (AvgIpc) is 2.92. The Morgan fingerprint density at radius 1 is 1.32 bits per heavy atom. The third-order valence-corrected chi connectivity index (χ3v) is 3.88. The number of anilines is 1. The number of aromatic nitrogens is 1. The van der Waals surface area contributed by atoms with E-state index in [2.05, 4.69) is 25.6 Å². The van der Waals surface area contributed by atoms with Crippen molar-refractivity contribution in [1.29, 1.82) is 0 Å². The van der Waals surface area contributed by atoms with Crippen molar-refractivity contribution in [2.75, 3.05) is 32.5 Å². The summed E-state index contributed by atoms with van der Waals surface area (Å²) in [5.74, 6) is -0.537. The Balaban J connectivity index is 1.74. The Bertz CT molecular complexity index is 725. The monoisotopic (exact) mass is 411 g/mol. The zero-order chi connectivity index (χ0) is 18.4. The largest absolute Gasteiger partial charge is 0.492 e. The summed E-state index contributed by atoms with van der Waals surface area (Å²) < 4.78 is 16.1. The molecule has 2 N–H and O–H groups in total. The van der Waals surface area contributed by atoms with Gasteiger partial charge in [-0.15, -0.1) is 0 Å². The van der Waals surface area contributed by atoms with Gasteiger partial charge >= 0.3 is 5.97 Å². The molecule has 0 saturated carbocycles. The molecule has 2 aromatic rings. The first-order valence-corrected chi connectivity index (χ1v) is 8.19. The number of benzene rings is 1. The van der Waals surface area contributed by atoms with Crippen LogP contribution in [0.3, 0.4) is 0 Å². The maximum atomic E-state index is 12.0. The minimum absolute atomic E-state index is 0.0361. The minimum Gasteiger partial charge on any atom is -0.492 e. The predicted octanol–water partition coefficient (Wildman–Crippen LogP) is 2.02. The van der Waals surface area contributed by atoms with E-state index >= 15 is 0 Å². The molecule has 1 aromatic heterocycles. The number of nitrogen functional groups attached to an aromatic ring is 1. The van der Waals surface area contributed by atoms with Crippen LogP contribution in [0.25, 0.3) is 0 Å². The molecule has 0 aliphatic heterocycles. The van der Waals surface area contributed by atoms with Crippen molar-refractivity contribution in [3.05, 3.63) is 40.0 Å². The van der Waals surface area contributed by atoms with Crippen LogP contribution in [0.15, 0.2) is 33.3 Å². The number of halogens is 1. The second-order valence-electron chi connectivity index (χ2n) is 5.20. The van der Waals surface area contributed by atoms with Gasteiger partial charge in [0.05, 0.1) is 12.2 Å². The molecular weight excluding hydrogens is 394 g/mol. The molecule has 0 fully saturated rings. The number of ether oxygens (including phenoxy) is 2. The summed E-state index contributed by atoms with van der Waals surface area (Å²) in [6.45, 7) is 1.82. The van der Waals surface area contributed by atoms with E-state index < -0.39 is 12.6 Å². The van der Waals surface area contributed by atoms with Crippen LogP contribution < -0.4 is 10.5 Å². The van der Waals surface area contributed by atoms with E-state index in [-0.39, 0.29) is 17.4 Å². The fraction of sp³-hybridized carbons (Fsp3) is 0.312. The maximum Gasteiger partial charge on any atom is 0.346 e. The second kappa shape index (κ2) is 8.52. The molecule has 0 aliphatic rings. The van der Waals surface area contributed by atoms with Gasteiger partial charge in [-0.05, 0) is 31.2 Å². The highest BCUT2D eigenvalue weighted by Gasteiger charge is 2.21. The molecule has 1 aromatic carbocycles. The van der Waals surface area contributed by atoms with Crippen molar-refractivity contribution in [1.82, 2.24) is 10.1 Å². The first-order valence-electron chi connectivity index (χ1n) is 7.39. The lowest BCUT2D eigenvalue weighted by atomic mass is 10.2. The lowest BCUT2D eigenvalue weighted by Crippen LogP contribution is -2.34.